The molecule has 2 aromatic carbocycles. The monoisotopic (exact) mass is 395 g/mol. The van der Waals surface area contributed by atoms with Crippen LogP contribution in [-0.2, 0) is 14.3 Å². The van der Waals surface area contributed by atoms with Gasteiger partial charge in [0.05, 0.1) is 18.7 Å². The van der Waals surface area contributed by atoms with Gasteiger partial charge >= 0.3 is 0 Å². The third-order valence-electron chi connectivity index (χ3n) is 5.05. The lowest BCUT2D eigenvalue weighted by molar-refractivity contribution is -0.140. The summed E-state index contributed by atoms with van der Waals surface area (Å²) in [5.41, 5.74) is 2.24. The van der Waals surface area contributed by atoms with Gasteiger partial charge in [-0.1, -0.05) is 48.0 Å². The predicted octanol–water partition coefficient (Wildman–Crippen LogP) is 3.46. The maximum atomic E-state index is 12.9. The van der Waals surface area contributed by atoms with E-state index in [0.29, 0.717) is 36.4 Å². The van der Waals surface area contributed by atoms with Gasteiger partial charge in [-0.05, 0) is 19.4 Å². The van der Waals surface area contributed by atoms with E-state index in [2.05, 4.69) is 0 Å². The van der Waals surface area contributed by atoms with E-state index in [1.807, 2.05) is 31.2 Å². The van der Waals surface area contributed by atoms with Gasteiger partial charge in [-0.25, -0.2) is 0 Å². The van der Waals surface area contributed by atoms with E-state index >= 15 is 0 Å². The third kappa shape index (κ3) is 4.03. The van der Waals surface area contributed by atoms with Crippen LogP contribution in [0.5, 0.6) is 5.75 Å². The first-order valence-electron chi connectivity index (χ1n) is 9.47. The fraction of sp³-hybridized carbons (Fsp3) is 0.304. The fourth-order valence-electron chi connectivity index (χ4n) is 3.57. The number of Topliss-reactive ketones (excluding diaryl/α,β-unsaturated/α-hetero) is 1. The van der Waals surface area contributed by atoms with E-state index in [9.17, 15) is 14.7 Å². The van der Waals surface area contributed by atoms with Crippen LogP contribution in [0, 0.1) is 6.92 Å². The van der Waals surface area contributed by atoms with Crippen LogP contribution in [0.15, 0.2) is 54.1 Å². The van der Waals surface area contributed by atoms with E-state index in [-0.39, 0.29) is 11.3 Å². The maximum absolute atomic E-state index is 12.9. The van der Waals surface area contributed by atoms with Gasteiger partial charge < -0.3 is 19.5 Å². The van der Waals surface area contributed by atoms with Crippen molar-refractivity contribution in [3.63, 3.8) is 0 Å². The molecule has 0 saturated carbocycles. The Balaban J connectivity index is 2.16. The summed E-state index contributed by atoms with van der Waals surface area (Å²) < 4.78 is 10.6. The molecule has 0 bridgehead atoms. The number of aliphatic hydroxyl groups is 1. The summed E-state index contributed by atoms with van der Waals surface area (Å²) in [6.45, 7) is 2.72. The fourth-order valence-corrected chi connectivity index (χ4v) is 3.57. The Hall–Kier alpha value is -3.12. The second kappa shape index (κ2) is 8.92. The lowest BCUT2D eigenvalue weighted by Crippen LogP contribution is -2.31. The van der Waals surface area contributed by atoms with Crippen LogP contribution in [0.2, 0.25) is 0 Å². The molecule has 0 spiro atoms. The Bertz CT molecular complexity index is 933. The number of likely N-dealkylation sites (tertiary alicyclic amines) is 1. The Labute approximate surface area is 170 Å². The smallest absolute Gasteiger partial charge is 0.295 e. The van der Waals surface area contributed by atoms with Crippen molar-refractivity contribution < 1.29 is 24.2 Å². The number of nitrogens with zero attached hydrogens (tertiary/aromatic N) is 1. The number of ketones is 1. The van der Waals surface area contributed by atoms with E-state index in [1.54, 1.807) is 31.4 Å². The first-order chi connectivity index (χ1) is 14.0. The molecule has 1 aliphatic heterocycles. The SMILES string of the molecule is COCCCN1C(=O)C(=O)C(=C(O)c2ccc(C)cc2)C1c1ccccc1OC. The van der Waals surface area contributed by atoms with E-state index in [0.717, 1.165) is 5.56 Å². The molecular weight excluding hydrogens is 370 g/mol. The average Bonchev–Trinajstić information content (AvgIpc) is 2.98. The Morgan fingerprint density at radius 1 is 1.07 bits per heavy atom. The number of ether oxygens (including phenoxy) is 2. The minimum absolute atomic E-state index is 0.0702. The van der Waals surface area contributed by atoms with Crippen molar-refractivity contribution in [1.82, 2.24) is 4.90 Å². The van der Waals surface area contributed by atoms with E-state index in [1.165, 1.54) is 12.0 Å². The molecular formula is C23H25NO5. The van der Waals surface area contributed by atoms with Crippen molar-refractivity contribution in [2.75, 3.05) is 27.4 Å². The number of carbonyl (C=O) groups excluding carboxylic acids is 2. The number of rotatable bonds is 7. The molecule has 29 heavy (non-hydrogen) atoms. The van der Waals surface area contributed by atoms with Gasteiger partial charge in [0.2, 0.25) is 0 Å². The van der Waals surface area contributed by atoms with Crippen molar-refractivity contribution in [3.05, 3.63) is 70.8 Å². The molecule has 6 nitrogen and oxygen atoms in total. The number of benzene rings is 2. The molecule has 6 heteroatoms. The van der Waals surface area contributed by atoms with Gasteiger partial charge in [-0.2, -0.15) is 0 Å². The molecule has 0 aliphatic carbocycles. The van der Waals surface area contributed by atoms with Crippen LogP contribution in [0.1, 0.15) is 29.2 Å². The molecule has 3 rings (SSSR count). The molecule has 0 aromatic heterocycles. The highest BCUT2D eigenvalue weighted by Crippen LogP contribution is 2.42. The molecule has 0 radical (unpaired) electrons. The maximum Gasteiger partial charge on any atom is 0.295 e. The summed E-state index contributed by atoms with van der Waals surface area (Å²) in [7, 11) is 3.12. The normalized spacial score (nSPS) is 18.3. The van der Waals surface area contributed by atoms with Gasteiger partial charge in [0.25, 0.3) is 11.7 Å². The number of amides is 1. The minimum Gasteiger partial charge on any atom is -0.507 e. The zero-order chi connectivity index (χ0) is 21.0. The topological polar surface area (TPSA) is 76.1 Å². The summed E-state index contributed by atoms with van der Waals surface area (Å²) in [4.78, 5) is 27.3. The molecule has 152 valence electrons. The largest absolute Gasteiger partial charge is 0.507 e. The van der Waals surface area contributed by atoms with E-state index in [4.69, 9.17) is 9.47 Å². The second-order valence-corrected chi connectivity index (χ2v) is 6.95. The number of para-hydroxylation sites is 1. The quantitative estimate of drug-likeness (QED) is 0.336. The molecule has 1 N–H and O–H groups in total. The third-order valence-corrected chi connectivity index (χ3v) is 5.05. The number of hydrogen-bond acceptors (Lipinski definition) is 5. The number of hydrogen-bond donors (Lipinski definition) is 1. The van der Waals surface area contributed by atoms with Gasteiger partial charge in [0.15, 0.2) is 0 Å². The van der Waals surface area contributed by atoms with Crippen LogP contribution >= 0.6 is 0 Å². The number of aliphatic hydroxyl groups excluding tert-OH is 1. The summed E-state index contributed by atoms with van der Waals surface area (Å²) >= 11 is 0. The Kier molecular flexibility index (Phi) is 6.34. The lowest BCUT2D eigenvalue weighted by atomic mass is 9.94. The minimum atomic E-state index is -0.732. The first kappa shape index (κ1) is 20.6. The van der Waals surface area contributed by atoms with Crippen LogP contribution in [-0.4, -0.2) is 49.1 Å². The van der Waals surface area contributed by atoms with Crippen LogP contribution in [0.25, 0.3) is 5.76 Å². The summed E-state index contributed by atoms with van der Waals surface area (Å²) in [5, 5.41) is 11.0. The lowest BCUT2D eigenvalue weighted by Gasteiger charge is -2.26. The van der Waals surface area contributed by atoms with Crippen molar-refractivity contribution in [2.24, 2.45) is 0 Å². The first-order valence-corrected chi connectivity index (χ1v) is 9.47. The van der Waals surface area contributed by atoms with Crippen LogP contribution < -0.4 is 4.74 Å². The molecule has 1 amide bonds. The second-order valence-electron chi connectivity index (χ2n) is 6.95. The van der Waals surface area contributed by atoms with E-state index < -0.39 is 17.7 Å². The van der Waals surface area contributed by atoms with Gasteiger partial charge in [0.1, 0.15) is 11.5 Å². The number of methoxy groups -OCH3 is 2. The van der Waals surface area contributed by atoms with Crippen molar-refractivity contribution in [2.45, 2.75) is 19.4 Å². The summed E-state index contributed by atoms with van der Waals surface area (Å²) in [5.74, 6) is -0.971. The molecule has 2 aromatic rings. The number of aryl methyl sites for hydroxylation is 1. The van der Waals surface area contributed by atoms with Gasteiger partial charge in [-0.15, -0.1) is 0 Å². The highest BCUT2D eigenvalue weighted by molar-refractivity contribution is 6.46. The van der Waals surface area contributed by atoms with Crippen LogP contribution in [0.3, 0.4) is 0 Å². The summed E-state index contributed by atoms with van der Waals surface area (Å²) in [6.07, 6.45) is 0.569. The molecule has 1 fully saturated rings. The molecule has 1 heterocycles. The Morgan fingerprint density at radius 3 is 2.41 bits per heavy atom. The average molecular weight is 395 g/mol. The van der Waals surface area contributed by atoms with Crippen molar-refractivity contribution in [1.29, 1.82) is 0 Å². The highest BCUT2D eigenvalue weighted by Gasteiger charge is 2.46. The Morgan fingerprint density at radius 2 is 1.76 bits per heavy atom. The highest BCUT2D eigenvalue weighted by atomic mass is 16.5. The zero-order valence-electron chi connectivity index (χ0n) is 16.8. The molecule has 1 saturated heterocycles. The summed E-state index contributed by atoms with van der Waals surface area (Å²) in [6, 6.07) is 13.7. The van der Waals surface area contributed by atoms with Crippen molar-refractivity contribution >= 4 is 17.4 Å². The standard InChI is InChI=1S/C23H25NO5/c1-15-9-11-16(12-10-15)21(25)19-20(17-7-4-5-8-18(17)29-3)24(13-6-14-28-2)23(27)22(19)26/h4-5,7-12,20,25H,6,13-14H2,1-3H3. The zero-order valence-corrected chi connectivity index (χ0v) is 16.8. The van der Waals surface area contributed by atoms with Gasteiger partial charge in [-0.3, -0.25) is 9.59 Å². The predicted molar refractivity (Wildman–Crippen MR) is 110 cm³/mol. The van der Waals surface area contributed by atoms with Crippen molar-refractivity contribution in [3.8, 4) is 5.75 Å². The molecule has 1 unspecified atom stereocenters. The molecule has 1 aliphatic rings. The van der Waals surface area contributed by atoms with Crippen LogP contribution in [0.4, 0.5) is 0 Å². The molecule has 1 atom stereocenters. The number of carbonyl (C=O) groups is 2. The van der Waals surface area contributed by atoms with Gasteiger partial charge in [0, 0.05) is 31.4 Å².